The molecule has 0 radical (unpaired) electrons. The number of hydrogen-bond acceptors (Lipinski definition) is 2. The first kappa shape index (κ1) is 17.9. The van der Waals surface area contributed by atoms with Gasteiger partial charge in [-0.25, -0.2) is 9.18 Å². The topological polar surface area (TPSA) is 61.4 Å². The van der Waals surface area contributed by atoms with Crippen LogP contribution in [0.5, 0.6) is 0 Å². The van der Waals surface area contributed by atoms with Crippen molar-refractivity contribution >= 4 is 17.6 Å². The van der Waals surface area contributed by atoms with Gasteiger partial charge in [-0.3, -0.25) is 4.79 Å². The second-order valence-corrected chi connectivity index (χ2v) is 6.56. The maximum Gasteiger partial charge on any atom is 0.315 e. The minimum atomic E-state index is -0.552. The molecule has 2 aromatic rings. The SMILES string of the molecule is Cc1ccc(N2CC[C@H](NC(=O)NCc3cccc(F)c3)C2=O)cc1C. The molecule has 2 N–H and O–H groups in total. The molecule has 1 saturated heterocycles. The van der Waals surface area contributed by atoms with Crippen molar-refractivity contribution in [1.29, 1.82) is 0 Å². The first-order chi connectivity index (χ1) is 12.4. The van der Waals surface area contributed by atoms with Crippen molar-refractivity contribution < 1.29 is 14.0 Å². The molecule has 1 aliphatic rings. The lowest BCUT2D eigenvalue weighted by Crippen LogP contribution is -2.46. The number of amides is 3. The van der Waals surface area contributed by atoms with Crippen molar-refractivity contribution in [3.05, 3.63) is 65.0 Å². The molecule has 2 aromatic carbocycles. The molecule has 0 aromatic heterocycles. The molecule has 0 saturated carbocycles. The van der Waals surface area contributed by atoms with Gasteiger partial charge in [0.25, 0.3) is 0 Å². The summed E-state index contributed by atoms with van der Waals surface area (Å²) in [5.74, 6) is -0.464. The van der Waals surface area contributed by atoms with Crippen molar-refractivity contribution in [2.75, 3.05) is 11.4 Å². The lowest BCUT2D eigenvalue weighted by Gasteiger charge is -2.18. The third-order valence-corrected chi connectivity index (χ3v) is 4.66. The molecule has 3 rings (SSSR count). The molecule has 136 valence electrons. The summed E-state index contributed by atoms with van der Waals surface area (Å²) in [5, 5.41) is 5.36. The molecule has 1 fully saturated rings. The third-order valence-electron chi connectivity index (χ3n) is 4.66. The number of aryl methyl sites for hydroxylation is 2. The fourth-order valence-electron chi connectivity index (χ4n) is 3.00. The number of anilines is 1. The number of halogens is 1. The zero-order valence-electron chi connectivity index (χ0n) is 14.9. The Morgan fingerprint density at radius 2 is 2.00 bits per heavy atom. The molecule has 0 bridgehead atoms. The molecule has 26 heavy (non-hydrogen) atoms. The zero-order chi connectivity index (χ0) is 18.7. The van der Waals surface area contributed by atoms with Gasteiger partial charge in [0.05, 0.1) is 0 Å². The van der Waals surface area contributed by atoms with Gasteiger partial charge in [-0.1, -0.05) is 18.2 Å². The maximum absolute atomic E-state index is 13.1. The first-order valence-corrected chi connectivity index (χ1v) is 8.61. The van der Waals surface area contributed by atoms with Crippen molar-refractivity contribution in [2.45, 2.75) is 32.9 Å². The van der Waals surface area contributed by atoms with Crippen LogP contribution in [0.1, 0.15) is 23.1 Å². The van der Waals surface area contributed by atoms with Crippen LogP contribution in [-0.4, -0.2) is 24.5 Å². The predicted molar refractivity (Wildman–Crippen MR) is 98.4 cm³/mol. The van der Waals surface area contributed by atoms with Gasteiger partial charge in [0, 0.05) is 18.8 Å². The van der Waals surface area contributed by atoms with E-state index in [1.807, 2.05) is 32.0 Å². The Kier molecular flexibility index (Phi) is 5.21. The molecule has 3 amide bonds. The molecule has 5 nitrogen and oxygen atoms in total. The highest BCUT2D eigenvalue weighted by atomic mass is 19.1. The summed E-state index contributed by atoms with van der Waals surface area (Å²) in [6.45, 7) is 4.80. The standard InChI is InChI=1S/C20H22FN3O2/c1-13-6-7-17(10-14(13)2)24-9-8-18(19(24)25)23-20(26)22-12-15-4-3-5-16(21)11-15/h3-7,10-11,18H,8-9,12H2,1-2H3,(H2,22,23,26)/t18-/m0/s1. The van der Waals surface area contributed by atoms with Crippen LogP contribution in [0.15, 0.2) is 42.5 Å². The highest BCUT2D eigenvalue weighted by molar-refractivity contribution is 6.01. The van der Waals surface area contributed by atoms with Crippen LogP contribution in [0.2, 0.25) is 0 Å². The number of rotatable bonds is 4. The summed E-state index contributed by atoms with van der Waals surface area (Å²) in [4.78, 5) is 26.3. The minimum Gasteiger partial charge on any atom is -0.334 e. The van der Waals surface area contributed by atoms with Crippen LogP contribution in [0.25, 0.3) is 0 Å². The van der Waals surface area contributed by atoms with Crippen LogP contribution in [0.4, 0.5) is 14.9 Å². The Balaban J connectivity index is 1.56. The molecule has 0 spiro atoms. The summed E-state index contributed by atoms with van der Waals surface area (Å²) < 4.78 is 13.1. The molecule has 1 aliphatic heterocycles. The van der Waals surface area contributed by atoms with Gasteiger partial charge < -0.3 is 15.5 Å². The second-order valence-electron chi connectivity index (χ2n) is 6.56. The van der Waals surface area contributed by atoms with Crippen LogP contribution < -0.4 is 15.5 Å². The minimum absolute atomic E-state index is 0.117. The molecular weight excluding hydrogens is 333 g/mol. The highest BCUT2D eigenvalue weighted by Gasteiger charge is 2.33. The van der Waals surface area contributed by atoms with E-state index >= 15 is 0 Å². The van der Waals surface area contributed by atoms with Gasteiger partial charge in [-0.2, -0.15) is 0 Å². The zero-order valence-corrected chi connectivity index (χ0v) is 14.9. The van der Waals surface area contributed by atoms with Crippen molar-refractivity contribution in [3.63, 3.8) is 0 Å². The number of nitrogens with zero attached hydrogens (tertiary/aromatic N) is 1. The van der Waals surface area contributed by atoms with E-state index in [9.17, 15) is 14.0 Å². The predicted octanol–water partition coefficient (Wildman–Crippen LogP) is 3.05. The van der Waals surface area contributed by atoms with E-state index < -0.39 is 12.1 Å². The van der Waals surface area contributed by atoms with Gasteiger partial charge >= 0.3 is 6.03 Å². The molecular formula is C20H22FN3O2. The summed E-state index contributed by atoms with van der Waals surface area (Å²) in [5.41, 5.74) is 3.81. The molecule has 0 aliphatic carbocycles. The van der Waals surface area contributed by atoms with E-state index in [4.69, 9.17) is 0 Å². The van der Waals surface area contributed by atoms with E-state index in [0.717, 1.165) is 11.3 Å². The Bertz CT molecular complexity index is 838. The van der Waals surface area contributed by atoms with Gasteiger partial charge in [-0.15, -0.1) is 0 Å². The normalized spacial score (nSPS) is 16.7. The van der Waals surface area contributed by atoms with Crippen molar-refractivity contribution in [3.8, 4) is 0 Å². The average Bonchev–Trinajstić information content (AvgIpc) is 2.96. The number of nitrogens with one attached hydrogen (secondary N) is 2. The molecule has 1 heterocycles. The molecule has 6 heteroatoms. The third kappa shape index (κ3) is 4.02. The maximum atomic E-state index is 13.1. The summed E-state index contributed by atoms with van der Waals surface area (Å²) >= 11 is 0. The second kappa shape index (κ2) is 7.56. The van der Waals surface area contributed by atoms with E-state index in [-0.39, 0.29) is 18.3 Å². The van der Waals surface area contributed by atoms with Gasteiger partial charge in [0.2, 0.25) is 5.91 Å². The van der Waals surface area contributed by atoms with Crippen LogP contribution in [-0.2, 0) is 11.3 Å². The highest BCUT2D eigenvalue weighted by Crippen LogP contribution is 2.24. The van der Waals surface area contributed by atoms with Gasteiger partial charge in [0.15, 0.2) is 0 Å². The van der Waals surface area contributed by atoms with E-state index in [1.54, 1.807) is 17.0 Å². The Morgan fingerprint density at radius 3 is 2.73 bits per heavy atom. The largest absolute Gasteiger partial charge is 0.334 e. The number of benzene rings is 2. The number of hydrogen-bond donors (Lipinski definition) is 2. The van der Waals surface area contributed by atoms with E-state index in [0.29, 0.717) is 18.5 Å². The fourth-order valence-corrected chi connectivity index (χ4v) is 3.00. The molecule has 0 unspecified atom stereocenters. The quantitative estimate of drug-likeness (QED) is 0.886. The Hall–Kier alpha value is -2.89. The number of carbonyl (C=O) groups excluding carboxylic acids is 2. The Morgan fingerprint density at radius 1 is 1.19 bits per heavy atom. The van der Waals surface area contributed by atoms with Crippen molar-refractivity contribution in [2.24, 2.45) is 0 Å². The van der Waals surface area contributed by atoms with Crippen LogP contribution in [0.3, 0.4) is 0 Å². The van der Waals surface area contributed by atoms with E-state index in [2.05, 4.69) is 10.6 Å². The first-order valence-electron chi connectivity index (χ1n) is 8.61. The van der Waals surface area contributed by atoms with Crippen LogP contribution in [0, 0.1) is 19.7 Å². The number of urea groups is 1. The monoisotopic (exact) mass is 355 g/mol. The van der Waals surface area contributed by atoms with Gasteiger partial charge in [0.1, 0.15) is 11.9 Å². The average molecular weight is 355 g/mol. The summed E-state index contributed by atoms with van der Waals surface area (Å²) in [6, 6.07) is 10.9. The van der Waals surface area contributed by atoms with Crippen molar-refractivity contribution in [1.82, 2.24) is 10.6 Å². The lowest BCUT2D eigenvalue weighted by atomic mass is 10.1. The van der Waals surface area contributed by atoms with Crippen LogP contribution >= 0.6 is 0 Å². The van der Waals surface area contributed by atoms with Gasteiger partial charge in [-0.05, 0) is 61.2 Å². The lowest BCUT2D eigenvalue weighted by molar-refractivity contribution is -0.118. The Labute approximate surface area is 152 Å². The summed E-state index contributed by atoms with van der Waals surface area (Å²) in [6.07, 6.45) is 0.555. The number of carbonyl (C=O) groups is 2. The molecule has 1 atom stereocenters. The summed E-state index contributed by atoms with van der Waals surface area (Å²) in [7, 11) is 0. The fraction of sp³-hybridized carbons (Fsp3) is 0.300. The smallest absolute Gasteiger partial charge is 0.315 e. The van der Waals surface area contributed by atoms with E-state index in [1.165, 1.54) is 17.7 Å².